The van der Waals surface area contributed by atoms with Crippen molar-refractivity contribution in [2.45, 2.75) is 0 Å². The summed E-state index contributed by atoms with van der Waals surface area (Å²) < 4.78 is 11.5. The molecule has 4 heteroatoms. The lowest BCUT2D eigenvalue weighted by Gasteiger charge is -2.29. The molecule has 358 valence electrons. The van der Waals surface area contributed by atoms with Gasteiger partial charge in [0, 0.05) is 34.1 Å². The lowest BCUT2D eigenvalue weighted by molar-refractivity contribution is 0.414. The fourth-order valence-electron chi connectivity index (χ4n) is 12.4. The van der Waals surface area contributed by atoms with Gasteiger partial charge in [0.15, 0.2) is 0 Å². The SMILES string of the molecule is COc1ccc(-c2c(-c3ccc(OC)cc3)c3ccc(N(c4ccccc4)c4cc5ccc6cccc7ccc(c4)c5c67)cc3c3cc(N(c4ccccc4)c4cc5ccc6cccc7ccc(c4)c5c67)ccc23)cc1. The molecule has 0 aromatic heterocycles. The van der Waals surface area contributed by atoms with E-state index >= 15 is 0 Å². The monoisotopic (exact) mass is 972 g/mol. The van der Waals surface area contributed by atoms with Crippen LogP contribution in [-0.2, 0) is 0 Å². The summed E-state index contributed by atoms with van der Waals surface area (Å²) in [6, 6.07) is 93.6. The van der Waals surface area contributed by atoms with Crippen molar-refractivity contribution in [3.63, 3.8) is 0 Å². The number of methoxy groups -OCH3 is 2. The van der Waals surface area contributed by atoms with Gasteiger partial charge in [0.2, 0.25) is 0 Å². The minimum atomic E-state index is 0.812. The van der Waals surface area contributed by atoms with Gasteiger partial charge in [-0.3, -0.25) is 0 Å². The van der Waals surface area contributed by atoms with Crippen LogP contribution in [0.4, 0.5) is 34.1 Å². The van der Waals surface area contributed by atoms with Gasteiger partial charge in [-0.05, 0) is 205 Å². The lowest BCUT2D eigenvalue weighted by Crippen LogP contribution is -2.11. The van der Waals surface area contributed by atoms with Crippen LogP contribution >= 0.6 is 0 Å². The molecule has 0 aliphatic heterocycles. The molecule has 15 aromatic carbocycles. The highest BCUT2D eigenvalue weighted by Crippen LogP contribution is 2.50. The molecule has 76 heavy (non-hydrogen) atoms. The second-order valence-electron chi connectivity index (χ2n) is 20.0. The summed E-state index contributed by atoms with van der Waals surface area (Å²) in [4.78, 5) is 4.85. The number of hydrogen-bond donors (Lipinski definition) is 0. The highest BCUT2D eigenvalue weighted by atomic mass is 16.5. The van der Waals surface area contributed by atoms with E-state index in [-0.39, 0.29) is 0 Å². The number of ether oxygens (including phenoxy) is 2. The van der Waals surface area contributed by atoms with Crippen LogP contribution in [0.25, 0.3) is 108 Å². The van der Waals surface area contributed by atoms with E-state index in [0.717, 1.165) is 89.4 Å². The Morgan fingerprint density at radius 3 is 0.908 bits per heavy atom. The summed E-state index contributed by atoms with van der Waals surface area (Å²) in [5, 5.41) is 19.7. The standard InChI is InChI=1S/C72H48N2O2/c1-75-61-33-27-49(28-34-61)71-63-37-31-57(73(55-15-5-3-6-16-55)59-39-51-23-19-45-11-9-12-46-20-24-52(40-59)69(51)67(45)46)43-65(63)66-44-58(32-38-64(66)72(71)50-29-35-62(76-2)36-30-50)74(56-17-7-4-8-18-56)60-41-53-25-21-47-13-10-14-48-22-26-54(42-60)70(53)68(47)48/h3-44H,1-2H3. The number of benzene rings is 15. The van der Waals surface area contributed by atoms with Crippen LogP contribution in [-0.4, -0.2) is 14.2 Å². The summed E-state index contributed by atoms with van der Waals surface area (Å²) in [5.41, 5.74) is 11.0. The Bertz CT molecular complexity index is 4280. The molecule has 0 fully saturated rings. The van der Waals surface area contributed by atoms with Gasteiger partial charge in [-0.1, -0.05) is 158 Å². The van der Waals surface area contributed by atoms with E-state index in [4.69, 9.17) is 9.47 Å². The Morgan fingerprint density at radius 1 is 0.237 bits per heavy atom. The van der Waals surface area contributed by atoms with Gasteiger partial charge >= 0.3 is 0 Å². The normalized spacial score (nSPS) is 11.8. The molecule has 0 aliphatic carbocycles. The zero-order valence-electron chi connectivity index (χ0n) is 42.0. The van der Waals surface area contributed by atoms with Crippen LogP contribution in [0.3, 0.4) is 0 Å². The lowest BCUT2D eigenvalue weighted by atomic mass is 9.84. The Balaban J connectivity index is 1.02. The van der Waals surface area contributed by atoms with Gasteiger partial charge in [0.05, 0.1) is 14.2 Å². The van der Waals surface area contributed by atoms with Crippen LogP contribution in [0.5, 0.6) is 11.5 Å². The minimum absolute atomic E-state index is 0.812. The van der Waals surface area contributed by atoms with Crippen molar-refractivity contribution < 1.29 is 9.47 Å². The summed E-state index contributed by atoms with van der Waals surface area (Å²) >= 11 is 0. The van der Waals surface area contributed by atoms with Gasteiger partial charge in [-0.15, -0.1) is 0 Å². The van der Waals surface area contributed by atoms with E-state index in [1.165, 1.54) is 64.6 Å². The molecule has 0 saturated carbocycles. The number of anilines is 6. The molecule has 15 aromatic rings. The maximum absolute atomic E-state index is 5.73. The average molecular weight is 973 g/mol. The summed E-state index contributed by atoms with van der Waals surface area (Å²) in [7, 11) is 3.45. The number of rotatable bonds is 10. The molecule has 15 rings (SSSR count). The third-order valence-electron chi connectivity index (χ3n) is 15.8. The predicted molar refractivity (Wildman–Crippen MR) is 322 cm³/mol. The van der Waals surface area contributed by atoms with Crippen LogP contribution in [0.15, 0.2) is 255 Å². The first-order valence-electron chi connectivity index (χ1n) is 25.9. The fraction of sp³-hybridized carbons (Fsp3) is 0.0278. The first-order valence-corrected chi connectivity index (χ1v) is 25.9. The fourth-order valence-corrected chi connectivity index (χ4v) is 12.4. The Hall–Kier alpha value is -9.90. The van der Waals surface area contributed by atoms with Crippen LogP contribution in [0, 0.1) is 0 Å². The van der Waals surface area contributed by atoms with Crippen molar-refractivity contribution in [2.24, 2.45) is 0 Å². The second-order valence-corrected chi connectivity index (χ2v) is 20.0. The third-order valence-corrected chi connectivity index (χ3v) is 15.8. The molecule has 0 atom stereocenters. The molecule has 0 saturated heterocycles. The minimum Gasteiger partial charge on any atom is -0.497 e. The summed E-state index contributed by atoms with van der Waals surface area (Å²) in [6.07, 6.45) is 0. The van der Waals surface area contributed by atoms with Crippen molar-refractivity contribution >= 4 is 120 Å². The topological polar surface area (TPSA) is 24.9 Å². The smallest absolute Gasteiger partial charge is 0.118 e. The Morgan fingerprint density at radius 2 is 0.566 bits per heavy atom. The van der Waals surface area contributed by atoms with Crippen molar-refractivity contribution in [3.8, 4) is 33.8 Å². The molecule has 0 bridgehead atoms. The van der Waals surface area contributed by atoms with Crippen molar-refractivity contribution in [1.29, 1.82) is 0 Å². The molecule has 0 heterocycles. The van der Waals surface area contributed by atoms with E-state index in [9.17, 15) is 0 Å². The van der Waals surface area contributed by atoms with Gasteiger partial charge < -0.3 is 19.3 Å². The highest BCUT2D eigenvalue weighted by molar-refractivity contribution is 6.26. The van der Waals surface area contributed by atoms with Gasteiger partial charge in [-0.2, -0.15) is 0 Å². The van der Waals surface area contributed by atoms with Crippen molar-refractivity contribution in [2.75, 3.05) is 24.0 Å². The van der Waals surface area contributed by atoms with E-state index in [2.05, 4.69) is 265 Å². The third kappa shape index (κ3) is 6.92. The van der Waals surface area contributed by atoms with Crippen LogP contribution in [0.1, 0.15) is 0 Å². The summed E-state index contributed by atoms with van der Waals surface area (Å²) in [6.45, 7) is 0. The van der Waals surface area contributed by atoms with Crippen molar-refractivity contribution in [3.05, 3.63) is 255 Å². The number of nitrogens with zero attached hydrogens (tertiary/aromatic N) is 2. The molecular formula is C72H48N2O2. The van der Waals surface area contributed by atoms with Gasteiger partial charge in [-0.25, -0.2) is 0 Å². The quantitative estimate of drug-likeness (QED) is 0.128. The average Bonchev–Trinajstić information content (AvgIpc) is 3.58. The van der Waals surface area contributed by atoms with E-state index in [0.29, 0.717) is 0 Å². The van der Waals surface area contributed by atoms with E-state index in [1.807, 2.05) is 0 Å². The molecule has 0 N–H and O–H groups in total. The van der Waals surface area contributed by atoms with Crippen LogP contribution < -0.4 is 19.3 Å². The molecule has 4 nitrogen and oxygen atoms in total. The van der Waals surface area contributed by atoms with Crippen molar-refractivity contribution in [1.82, 2.24) is 0 Å². The highest BCUT2D eigenvalue weighted by Gasteiger charge is 2.24. The maximum Gasteiger partial charge on any atom is 0.118 e. The molecule has 0 radical (unpaired) electrons. The first-order chi connectivity index (χ1) is 37.6. The second kappa shape index (κ2) is 17.4. The largest absolute Gasteiger partial charge is 0.497 e. The molecule has 0 unspecified atom stereocenters. The summed E-state index contributed by atoms with van der Waals surface area (Å²) in [5.74, 6) is 1.62. The Kier molecular flexibility index (Phi) is 9.98. The number of fused-ring (bicyclic) bond motifs is 3. The van der Waals surface area contributed by atoms with Gasteiger partial charge in [0.1, 0.15) is 11.5 Å². The molecule has 0 aliphatic rings. The van der Waals surface area contributed by atoms with E-state index < -0.39 is 0 Å². The number of para-hydroxylation sites is 2. The Labute approximate surface area is 440 Å². The van der Waals surface area contributed by atoms with Crippen LogP contribution in [0.2, 0.25) is 0 Å². The number of hydrogen-bond acceptors (Lipinski definition) is 4. The zero-order valence-corrected chi connectivity index (χ0v) is 42.0. The molecule has 0 amide bonds. The van der Waals surface area contributed by atoms with Gasteiger partial charge in [0.25, 0.3) is 0 Å². The van der Waals surface area contributed by atoms with E-state index in [1.54, 1.807) is 14.2 Å². The maximum atomic E-state index is 5.73. The first kappa shape index (κ1) is 43.7. The molecular weight excluding hydrogens is 925 g/mol. The molecule has 0 spiro atoms. The zero-order chi connectivity index (χ0) is 50.4. The predicted octanol–water partition coefficient (Wildman–Crippen LogP) is 20.1.